The predicted octanol–water partition coefficient (Wildman–Crippen LogP) is 2.98. The average Bonchev–Trinajstić information content (AvgIpc) is 3.07. The van der Waals surface area contributed by atoms with E-state index in [2.05, 4.69) is 20.6 Å². The molecule has 0 bridgehead atoms. The van der Waals surface area contributed by atoms with Crippen molar-refractivity contribution in [2.24, 2.45) is 5.10 Å². The van der Waals surface area contributed by atoms with Crippen LogP contribution in [-0.4, -0.2) is 25.7 Å². The van der Waals surface area contributed by atoms with Gasteiger partial charge in [0.25, 0.3) is 0 Å². The Hall–Kier alpha value is -2.65. The molecule has 0 aromatic carbocycles. The number of fused-ring (bicyclic) bond motifs is 1. The zero-order valence-electron chi connectivity index (χ0n) is 10.6. The topological polar surface area (TPSA) is 111 Å². The van der Waals surface area contributed by atoms with Gasteiger partial charge in [-0.3, -0.25) is 15.5 Å². The molecule has 3 aromatic rings. The monoisotopic (exact) mass is 340 g/mol. The molecule has 0 atom stereocenters. The van der Waals surface area contributed by atoms with Crippen LogP contribution in [0.3, 0.4) is 0 Å². The molecule has 0 spiro atoms. The fourth-order valence-corrected chi connectivity index (χ4v) is 2.01. The smallest absolute Gasteiger partial charge is 0.400 e. The molecule has 3 rings (SSSR count). The lowest BCUT2D eigenvalue weighted by Gasteiger charge is -2.03. The molecule has 0 amide bonds. The summed E-state index contributed by atoms with van der Waals surface area (Å²) in [5.41, 5.74) is 3.06. The maximum absolute atomic E-state index is 10.5. The van der Waals surface area contributed by atoms with Crippen LogP contribution in [0.25, 0.3) is 5.65 Å². The highest BCUT2D eigenvalue weighted by molar-refractivity contribution is 6.34. The molecule has 11 heteroatoms. The van der Waals surface area contributed by atoms with Crippen molar-refractivity contribution in [3.8, 4) is 0 Å². The summed E-state index contributed by atoms with van der Waals surface area (Å²) in [7, 11) is 0. The molecule has 9 nitrogen and oxygen atoms in total. The first-order valence-electron chi connectivity index (χ1n) is 5.77. The van der Waals surface area contributed by atoms with Gasteiger partial charge in [-0.2, -0.15) is 14.7 Å². The van der Waals surface area contributed by atoms with Crippen LogP contribution >= 0.6 is 23.2 Å². The molecule has 3 aromatic heterocycles. The van der Waals surface area contributed by atoms with Crippen LogP contribution in [0.15, 0.2) is 33.9 Å². The van der Waals surface area contributed by atoms with Crippen LogP contribution < -0.4 is 5.43 Å². The van der Waals surface area contributed by atoms with Crippen molar-refractivity contribution in [1.82, 2.24) is 14.6 Å². The summed E-state index contributed by atoms with van der Waals surface area (Å²) in [5, 5.41) is 19.0. The van der Waals surface area contributed by atoms with Crippen LogP contribution in [0.5, 0.6) is 0 Å². The van der Waals surface area contributed by atoms with Gasteiger partial charge in [0.2, 0.25) is 0 Å². The van der Waals surface area contributed by atoms with E-state index in [1.54, 1.807) is 0 Å². The summed E-state index contributed by atoms with van der Waals surface area (Å²) in [4.78, 5) is 13.9. The summed E-state index contributed by atoms with van der Waals surface area (Å²) in [6.07, 6.45) is 2.70. The van der Waals surface area contributed by atoms with Gasteiger partial charge in [-0.1, -0.05) is 23.2 Å². The number of nitrogens with zero attached hydrogens (tertiary/aromatic N) is 5. The second kappa shape index (κ2) is 5.62. The molecular formula is C11H6Cl2N6O3. The number of furan rings is 1. The number of aromatic nitrogens is 3. The molecule has 1 N–H and O–H groups in total. The molecule has 0 unspecified atom stereocenters. The Morgan fingerprint density at radius 3 is 3.00 bits per heavy atom. The van der Waals surface area contributed by atoms with Crippen LogP contribution in [-0.2, 0) is 0 Å². The van der Waals surface area contributed by atoms with Crippen LogP contribution in [0, 0.1) is 10.1 Å². The Kier molecular flexibility index (Phi) is 3.65. The first-order valence-corrected chi connectivity index (χ1v) is 6.53. The normalized spacial score (nSPS) is 11.4. The van der Waals surface area contributed by atoms with Gasteiger partial charge in [0.1, 0.15) is 15.1 Å². The third-order valence-corrected chi connectivity index (χ3v) is 3.02. The van der Waals surface area contributed by atoms with Crippen molar-refractivity contribution in [2.75, 3.05) is 5.43 Å². The number of halogens is 2. The molecule has 3 heterocycles. The third kappa shape index (κ3) is 2.71. The second-order valence-corrected chi connectivity index (χ2v) is 4.79. The van der Waals surface area contributed by atoms with Crippen molar-refractivity contribution in [1.29, 1.82) is 0 Å². The minimum Gasteiger partial charge on any atom is -0.400 e. The molecule has 0 aliphatic heterocycles. The van der Waals surface area contributed by atoms with Gasteiger partial charge in [-0.25, -0.2) is 4.98 Å². The largest absolute Gasteiger partial charge is 0.433 e. The third-order valence-electron chi connectivity index (χ3n) is 2.56. The highest BCUT2D eigenvalue weighted by Gasteiger charge is 2.11. The van der Waals surface area contributed by atoms with E-state index in [0.29, 0.717) is 16.5 Å². The van der Waals surface area contributed by atoms with E-state index < -0.39 is 4.92 Å². The van der Waals surface area contributed by atoms with Crippen LogP contribution in [0.1, 0.15) is 5.76 Å². The minimum atomic E-state index is -0.636. The summed E-state index contributed by atoms with van der Waals surface area (Å²) < 4.78 is 6.34. The van der Waals surface area contributed by atoms with Gasteiger partial charge in [0, 0.05) is 6.07 Å². The van der Waals surface area contributed by atoms with E-state index in [0.717, 1.165) is 0 Å². The van der Waals surface area contributed by atoms with Crippen molar-refractivity contribution in [2.45, 2.75) is 0 Å². The Bertz CT molecular complexity index is 887. The highest BCUT2D eigenvalue weighted by atomic mass is 35.5. The SMILES string of the molecule is O=[N+]([O-])c1ccc(/C=N/Nc2cc(Cl)nc3c(Cl)cnn23)o1. The van der Waals surface area contributed by atoms with Crippen LogP contribution in [0.2, 0.25) is 10.2 Å². The van der Waals surface area contributed by atoms with Gasteiger partial charge in [-0.05, 0) is 6.07 Å². The number of hydrazone groups is 1. The summed E-state index contributed by atoms with van der Waals surface area (Å²) in [6.45, 7) is 0. The number of hydrogen-bond acceptors (Lipinski definition) is 7. The standard InChI is InChI=1S/C11H6Cl2N6O3/c12-7-5-15-18-9(3-8(13)16-11(7)18)17-14-4-6-1-2-10(22-6)19(20)21/h1-5,17H/b14-4+. The lowest BCUT2D eigenvalue weighted by atomic mass is 10.5. The van der Waals surface area contributed by atoms with Crippen molar-refractivity contribution in [3.05, 3.63) is 50.4 Å². The lowest BCUT2D eigenvalue weighted by molar-refractivity contribution is -0.402. The first kappa shape index (κ1) is 14.3. The molecule has 0 aliphatic carbocycles. The van der Waals surface area contributed by atoms with Crippen molar-refractivity contribution >= 4 is 46.8 Å². The van der Waals surface area contributed by atoms with E-state index in [4.69, 9.17) is 27.6 Å². The molecule has 0 saturated carbocycles. The Morgan fingerprint density at radius 2 is 2.27 bits per heavy atom. The van der Waals surface area contributed by atoms with Gasteiger partial charge in [-0.15, -0.1) is 0 Å². The maximum atomic E-state index is 10.5. The molecule has 0 saturated heterocycles. The molecule has 0 fully saturated rings. The highest BCUT2D eigenvalue weighted by Crippen LogP contribution is 2.21. The Balaban J connectivity index is 1.84. The number of anilines is 1. The fraction of sp³-hybridized carbons (Fsp3) is 0. The zero-order chi connectivity index (χ0) is 15.7. The Morgan fingerprint density at radius 1 is 1.45 bits per heavy atom. The van der Waals surface area contributed by atoms with Gasteiger partial charge >= 0.3 is 5.88 Å². The molecule has 22 heavy (non-hydrogen) atoms. The molecule has 0 radical (unpaired) electrons. The molecule has 112 valence electrons. The second-order valence-electron chi connectivity index (χ2n) is 4.00. The predicted molar refractivity (Wildman–Crippen MR) is 79.6 cm³/mol. The first-order chi connectivity index (χ1) is 10.5. The van der Waals surface area contributed by atoms with Crippen molar-refractivity contribution < 1.29 is 9.34 Å². The maximum Gasteiger partial charge on any atom is 0.433 e. The zero-order valence-corrected chi connectivity index (χ0v) is 12.1. The van der Waals surface area contributed by atoms with E-state index >= 15 is 0 Å². The van der Waals surface area contributed by atoms with E-state index in [9.17, 15) is 10.1 Å². The quantitative estimate of drug-likeness (QED) is 0.338. The number of hydrogen-bond donors (Lipinski definition) is 1. The number of nitro groups is 1. The number of nitrogens with one attached hydrogen (secondary N) is 1. The summed E-state index contributed by atoms with van der Waals surface area (Å²) >= 11 is 11.8. The van der Waals surface area contributed by atoms with Gasteiger partial charge < -0.3 is 4.42 Å². The van der Waals surface area contributed by atoms with Gasteiger partial charge in [0.05, 0.1) is 18.5 Å². The van der Waals surface area contributed by atoms with Gasteiger partial charge in [0.15, 0.2) is 17.2 Å². The fourth-order valence-electron chi connectivity index (χ4n) is 1.66. The summed E-state index contributed by atoms with van der Waals surface area (Å²) in [5.74, 6) is 0.267. The number of rotatable bonds is 4. The van der Waals surface area contributed by atoms with E-state index in [1.165, 1.54) is 35.1 Å². The summed E-state index contributed by atoms with van der Waals surface area (Å²) in [6, 6.07) is 4.15. The van der Waals surface area contributed by atoms with E-state index in [1.807, 2.05) is 0 Å². The van der Waals surface area contributed by atoms with Crippen LogP contribution in [0.4, 0.5) is 11.7 Å². The Labute approximate surface area is 132 Å². The lowest BCUT2D eigenvalue weighted by Crippen LogP contribution is -2.01. The average molecular weight is 341 g/mol. The van der Waals surface area contributed by atoms with Crippen molar-refractivity contribution in [3.63, 3.8) is 0 Å². The molecular weight excluding hydrogens is 335 g/mol. The molecule has 0 aliphatic rings. The van der Waals surface area contributed by atoms with E-state index in [-0.39, 0.29) is 16.8 Å². The minimum absolute atomic E-state index is 0.209.